The first kappa shape index (κ1) is 24.9. The molecule has 29 heavy (non-hydrogen) atoms. The SMILES string of the molecule is CCOc1cc(CNC(=NC)NCc2c(C)nn(C)c2C)ccc1OC(F)F.I. The molecule has 0 aliphatic heterocycles. The zero-order valence-electron chi connectivity index (χ0n) is 17.3. The molecule has 0 saturated carbocycles. The average molecular weight is 523 g/mol. The molecule has 2 N–H and O–H groups in total. The van der Waals surface area contributed by atoms with Crippen LogP contribution in [0, 0.1) is 13.8 Å². The zero-order chi connectivity index (χ0) is 20.7. The quantitative estimate of drug-likeness (QED) is 0.315. The Balaban J connectivity index is 0.00000420. The summed E-state index contributed by atoms with van der Waals surface area (Å²) in [7, 11) is 3.60. The maximum absolute atomic E-state index is 12.5. The molecule has 0 aliphatic carbocycles. The highest BCUT2D eigenvalue weighted by molar-refractivity contribution is 14.0. The van der Waals surface area contributed by atoms with Gasteiger partial charge < -0.3 is 20.1 Å². The lowest BCUT2D eigenvalue weighted by Gasteiger charge is -2.15. The van der Waals surface area contributed by atoms with E-state index in [0.717, 1.165) is 22.5 Å². The normalized spacial score (nSPS) is 11.2. The molecule has 10 heteroatoms. The maximum Gasteiger partial charge on any atom is 0.387 e. The van der Waals surface area contributed by atoms with Crippen LogP contribution in [0.3, 0.4) is 0 Å². The third-order valence-electron chi connectivity index (χ3n) is 4.30. The standard InChI is InChI=1S/C19H27F2N5O2.HI/c1-6-27-17-9-14(7-8-16(17)28-18(20)21)10-23-19(22-4)24-11-15-12(2)25-26(5)13(15)3;/h7-9,18H,6,10-11H2,1-5H3,(H2,22,23,24);1H. The number of aryl methyl sites for hydroxylation is 2. The lowest BCUT2D eigenvalue weighted by Crippen LogP contribution is -2.36. The second-order valence-corrected chi connectivity index (χ2v) is 6.14. The number of hydrogen-bond donors (Lipinski definition) is 2. The fraction of sp³-hybridized carbons (Fsp3) is 0.474. The number of ether oxygens (including phenoxy) is 2. The molecule has 0 fully saturated rings. The van der Waals surface area contributed by atoms with Gasteiger partial charge in [0, 0.05) is 38.4 Å². The summed E-state index contributed by atoms with van der Waals surface area (Å²) in [5, 5.41) is 10.9. The summed E-state index contributed by atoms with van der Waals surface area (Å²) in [4.78, 5) is 4.21. The smallest absolute Gasteiger partial charge is 0.387 e. The van der Waals surface area contributed by atoms with E-state index in [-0.39, 0.29) is 35.5 Å². The van der Waals surface area contributed by atoms with E-state index in [0.29, 0.717) is 25.7 Å². The van der Waals surface area contributed by atoms with E-state index in [9.17, 15) is 8.78 Å². The van der Waals surface area contributed by atoms with Crippen molar-refractivity contribution in [3.8, 4) is 11.5 Å². The first-order chi connectivity index (χ1) is 13.3. The van der Waals surface area contributed by atoms with Crippen LogP contribution in [-0.2, 0) is 20.1 Å². The Morgan fingerprint density at radius 2 is 1.90 bits per heavy atom. The van der Waals surface area contributed by atoms with Crippen molar-refractivity contribution in [3.63, 3.8) is 0 Å². The van der Waals surface area contributed by atoms with Gasteiger partial charge in [0.15, 0.2) is 17.5 Å². The van der Waals surface area contributed by atoms with Crippen LogP contribution in [0.25, 0.3) is 0 Å². The van der Waals surface area contributed by atoms with Crippen molar-refractivity contribution in [2.75, 3.05) is 13.7 Å². The first-order valence-corrected chi connectivity index (χ1v) is 8.99. The molecule has 0 bridgehead atoms. The lowest BCUT2D eigenvalue weighted by molar-refractivity contribution is -0.0514. The van der Waals surface area contributed by atoms with Gasteiger partial charge in [-0.2, -0.15) is 13.9 Å². The third-order valence-corrected chi connectivity index (χ3v) is 4.30. The van der Waals surface area contributed by atoms with Crippen LogP contribution in [-0.4, -0.2) is 36.0 Å². The third kappa shape index (κ3) is 7.02. The summed E-state index contributed by atoms with van der Waals surface area (Å²) < 4.78 is 36.7. The highest BCUT2D eigenvalue weighted by Gasteiger charge is 2.12. The Morgan fingerprint density at radius 3 is 2.45 bits per heavy atom. The van der Waals surface area contributed by atoms with Crippen molar-refractivity contribution < 1.29 is 18.3 Å². The Kier molecular flexibility index (Phi) is 10.1. The van der Waals surface area contributed by atoms with Crippen molar-refractivity contribution in [2.24, 2.45) is 12.0 Å². The second-order valence-electron chi connectivity index (χ2n) is 6.14. The molecule has 1 aromatic heterocycles. The largest absolute Gasteiger partial charge is 0.490 e. The van der Waals surface area contributed by atoms with Gasteiger partial charge in [-0.3, -0.25) is 9.67 Å². The van der Waals surface area contributed by atoms with Crippen molar-refractivity contribution in [1.82, 2.24) is 20.4 Å². The number of benzene rings is 1. The number of aliphatic imine (C=N–C) groups is 1. The van der Waals surface area contributed by atoms with Gasteiger partial charge in [-0.05, 0) is 38.5 Å². The van der Waals surface area contributed by atoms with E-state index in [1.165, 1.54) is 6.07 Å². The fourth-order valence-corrected chi connectivity index (χ4v) is 2.78. The van der Waals surface area contributed by atoms with Gasteiger partial charge >= 0.3 is 6.61 Å². The van der Waals surface area contributed by atoms with Gasteiger partial charge in [0.1, 0.15) is 0 Å². The average Bonchev–Trinajstić information content (AvgIpc) is 2.89. The summed E-state index contributed by atoms with van der Waals surface area (Å²) in [5.41, 5.74) is 4.04. The molecule has 0 radical (unpaired) electrons. The fourth-order valence-electron chi connectivity index (χ4n) is 2.78. The van der Waals surface area contributed by atoms with Gasteiger partial charge in [0.2, 0.25) is 0 Å². The van der Waals surface area contributed by atoms with Crippen molar-refractivity contribution >= 4 is 29.9 Å². The lowest BCUT2D eigenvalue weighted by atomic mass is 10.2. The predicted molar refractivity (Wildman–Crippen MR) is 119 cm³/mol. The summed E-state index contributed by atoms with van der Waals surface area (Å²) in [6.07, 6.45) is 0. The Labute approximate surface area is 186 Å². The number of halogens is 3. The van der Waals surface area contributed by atoms with Crippen molar-refractivity contribution in [1.29, 1.82) is 0 Å². The van der Waals surface area contributed by atoms with Gasteiger partial charge in [-0.25, -0.2) is 0 Å². The summed E-state index contributed by atoms with van der Waals surface area (Å²) in [6, 6.07) is 4.86. The topological polar surface area (TPSA) is 72.7 Å². The molecule has 0 amide bonds. The highest BCUT2D eigenvalue weighted by atomic mass is 127. The molecule has 0 unspecified atom stereocenters. The Hall–Kier alpha value is -2.11. The summed E-state index contributed by atoms with van der Waals surface area (Å²) >= 11 is 0. The number of aromatic nitrogens is 2. The molecule has 162 valence electrons. The molecular weight excluding hydrogens is 495 g/mol. The zero-order valence-corrected chi connectivity index (χ0v) is 19.6. The molecule has 0 atom stereocenters. The van der Waals surface area contributed by atoms with Gasteiger partial charge in [0.25, 0.3) is 0 Å². The molecule has 0 spiro atoms. The van der Waals surface area contributed by atoms with Crippen LogP contribution in [0.5, 0.6) is 11.5 Å². The molecule has 2 aromatic rings. The molecule has 1 aromatic carbocycles. The molecule has 7 nitrogen and oxygen atoms in total. The van der Waals surface area contributed by atoms with E-state index in [1.54, 1.807) is 26.1 Å². The molecule has 1 heterocycles. The van der Waals surface area contributed by atoms with E-state index in [4.69, 9.17) is 4.74 Å². The Bertz CT molecular complexity index is 827. The van der Waals surface area contributed by atoms with Gasteiger partial charge in [-0.1, -0.05) is 6.07 Å². The van der Waals surface area contributed by atoms with Gasteiger partial charge in [-0.15, -0.1) is 24.0 Å². The minimum Gasteiger partial charge on any atom is -0.490 e. The number of guanidine groups is 1. The minimum absolute atomic E-state index is 0. The van der Waals surface area contributed by atoms with Gasteiger partial charge in [0.05, 0.1) is 12.3 Å². The van der Waals surface area contributed by atoms with E-state index < -0.39 is 6.61 Å². The first-order valence-electron chi connectivity index (χ1n) is 8.99. The number of nitrogens with one attached hydrogen (secondary N) is 2. The second kappa shape index (κ2) is 11.8. The van der Waals surface area contributed by atoms with E-state index >= 15 is 0 Å². The van der Waals surface area contributed by atoms with Crippen LogP contribution < -0.4 is 20.1 Å². The van der Waals surface area contributed by atoms with Crippen LogP contribution in [0.15, 0.2) is 23.2 Å². The monoisotopic (exact) mass is 523 g/mol. The molecule has 0 aliphatic rings. The minimum atomic E-state index is -2.90. The predicted octanol–water partition coefficient (Wildman–Crippen LogP) is 3.52. The maximum atomic E-state index is 12.5. The van der Waals surface area contributed by atoms with Crippen molar-refractivity contribution in [3.05, 3.63) is 40.7 Å². The number of hydrogen-bond acceptors (Lipinski definition) is 4. The summed E-state index contributed by atoms with van der Waals surface area (Å²) in [6.45, 7) is 4.26. The van der Waals surface area contributed by atoms with E-state index in [1.807, 2.05) is 25.6 Å². The van der Waals surface area contributed by atoms with Crippen LogP contribution in [0.2, 0.25) is 0 Å². The van der Waals surface area contributed by atoms with Crippen LogP contribution >= 0.6 is 24.0 Å². The highest BCUT2D eigenvalue weighted by Crippen LogP contribution is 2.29. The number of nitrogens with zero attached hydrogens (tertiary/aromatic N) is 3. The van der Waals surface area contributed by atoms with E-state index in [2.05, 4.69) is 25.5 Å². The molecular formula is C19H28F2IN5O2. The summed E-state index contributed by atoms with van der Waals surface area (Å²) in [5.74, 6) is 0.922. The number of alkyl halides is 2. The molecule has 2 rings (SSSR count). The van der Waals surface area contributed by atoms with Crippen LogP contribution in [0.4, 0.5) is 8.78 Å². The Morgan fingerprint density at radius 1 is 1.21 bits per heavy atom. The van der Waals surface area contributed by atoms with Crippen LogP contribution in [0.1, 0.15) is 29.4 Å². The van der Waals surface area contributed by atoms with Crippen molar-refractivity contribution in [2.45, 2.75) is 40.5 Å². The molecule has 0 saturated heterocycles. The number of rotatable bonds is 8.